The number of carbonyl (C=O) groups is 1. The van der Waals surface area contributed by atoms with Gasteiger partial charge >= 0.3 is 5.97 Å². The number of unbranched alkanes of at least 4 members (excludes halogenated alkanes) is 1. The third-order valence-electron chi connectivity index (χ3n) is 2.41. The van der Waals surface area contributed by atoms with Crippen molar-refractivity contribution < 1.29 is 17.9 Å². The van der Waals surface area contributed by atoms with E-state index in [-0.39, 0.29) is 11.5 Å². The summed E-state index contributed by atoms with van der Waals surface area (Å²) in [5, 5.41) is 2.10. The molecule has 1 heterocycles. The van der Waals surface area contributed by atoms with E-state index in [2.05, 4.69) is 17.2 Å². The summed E-state index contributed by atoms with van der Waals surface area (Å²) in [7, 11) is -3.56. The molecule has 0 bridgehead atoms. The lowest BCUT2D eigenvalue weighted by Gasteiger charge is -2.05. The lowest BCUT2D eigenvalue weighted by Crippen LogP contribution is -2.25. The Kier molecular flexibility index (Phi) is 3.33. The van der Waals surface area contributed by atoms with E-state index in [1.165, 1.54) is 6.92 Å². The molecule has 4 nitrogen and oxygen atoms in total. The molecule has 1 saturated heterocycles. The SMILES string of the molecule is CCCCOC(=O)C1(C)C(=C=S)S1(=O)=O. The molecular weight excluding hydrogens is 236 g/mol. The summed E-state index contributed by atoms with van der Waals surface area (Å²) in [6.07, 6.45) is 1.60. The van der Waals surface area contributed by atoms with Gasteiger partial charge in [0.1, 0.15) is 4.91 Å². The summed E-state index contributed by atoms with van der Waals surface area (Å²) in [6.45, 7) is 3.49. The van der Waals surface area contributed by atoms with Crippen molar-refractivity contribution in [2.24, 2.45) is 0 Å². The number of esters is 1. The maximum Gasteiger partial charge on any atom is 0.333 e. The fourth-order valence-electron chi connectivity index (χ4n) is 1.18. The molecule has 0 amide bonds. The monoisotopic (exact) mass is 248 g/mol. The normalized spacial score (nSPS) is 26.9. The van der Waals surface area contributed by atoms with Crippen molar-refractivity contribution in [1.82, 2.24) is 0 Å². The van der Waals surface area contributed by atoms with Crippen LogP contribution in [0.2, 0.25) is 0 Å². The van der Waals surface area contributed by atoms with Crippen molar-refractivity contribution in [2.75, 3.05) is 6.61 Å². The van der Waals surface area contributed by atoms with Crippen LogP contribution in [0.3, 0.4) is 0 Å². The van der Waals surface area contributed by atoms with Crippen molar-refractivity contribution in [1.29, 1.82) is 0 Å². The van der Waals surface area contributed by atoms with Gasteiger partial charge in [0.2, 0.25) is 14.6 Å². The van der Waals surface area contributed by atoms with Gasteiger partial charge in [-0.25, -0.2) is 13.2 Å². The van der Waals surface area contributed by atoms with Gasteiger partial charge < -0.3 is 4.74 Å². The average molecular weight is 248 g/mol. The topological polar surface area (TPSA) is 60.4 Å². The Labute approximate surface area is 94.2 Å². The van der Waals surface area contributed by atoms with Gasteiger partial charge in [0.15, 0.2) is 0 Å². The summed E-state index contributed by atoms with van der Waals surface area (Å²) >= 11 is 4.42. The van der Waals surface area contributed by atoms with Crippen LogP contribution in [-0.2, 0) is 19.4 Å². The Bertz CT molecular complexity index is 431. The van der Waals surface area contributed by atoms with E-state index in [1.807, 2.05) is 6.92 Å². The molecule has 0 spiro atoms. The fourth-order valence-corrected chi connectivity index (χ4v) is 3.26. The van der Waals surface area contributed by atoms with E-state index in [0.29, 0.717) is 0 Å². The predicted octanol–water partition coefficient (Wildman–Crippen LogP) is 0.999. The van der Waals surface area contributed by atoms with E-state index in [0.717, 1.165) is 12.8 Å². The second kappa shape index (κ2) is 4.04. The lowest BCUT2D eigenvalue weighted by atomic mass is 10.2. The predicted molar refractivity (Wildman–Crippen MR) is 59.3 cm³/mol. The van der Waals surface area contributed by atoms with Gasteiger partial charge in [0, 0.05) is 0 Å². The minimum absolute atomic E-state index is 0.133. The highest BCUT2D eigenvalue weighted by atomic mass is 32.2. The molecule has 1 rings (SSSR count). The molecule has 1 unspecified atom stereocenters. The van der Waals surface area contributed by atoms with Gasteiger partial charge in [-0.1, -0.05) is 13.3 Å². The second-order valence-corrected chi connectivity index (χ2v) is 5.89. The zero-order chi connectivity index (χ0) is 11.7. The van der Waals surface area contributed by atoms with Gasteiger partial charge in [-0.2, -0.15) is 0 Å². The molecule has 1 atom stereocenters. The Morgan fingerprint density at radius 1 is 1.60 bits per heavy atom. The van der Waals surface area contributed by atoms with E-state index in [9.17, 15) is 13.2 Å². The van der Waals surface area contributed by atoms with Gasteiger partial charge in [0.25, 0.3) is 0 Å². The minimum Gasteiger partial charge on any atom is -0.464 e. The quantitative estimate of drug-likeness (QED) is 0.321. The van der Waals surface area contributed by atoms with Crippen LogP contribution in [-0.4, -0.2) is 30.8 Å². The number of carbonyl (C=O) groups excluding carboxylic acids is 1. The molecule has 0 aliphatic carbocycles. The number of hydrogen-bond acceptors (Lipinski definition) is 5. The molecule has 1 aliphatic rings. The van der Waals surface area contributed by atoms with Crippen LogP contribution < -0.4 is 0 Å². The van der Waals surface area contributed by atoms with Crippen LogP contribution in [0.5, 0.6) is 0 Å². The third kappa shape index (κ3) is 1.73. The zero-order valence-electron chi connectivity index (χ0n) is 8.57. The van der Waals surface area contributed by atoms with Gasteiger partial charge in [-0.15, -0.1) is 0 Å². The summed E-state index contributed by atoms with van der Waals surface area (Å²) < 4.78 is 26.0. The first kappa shape index (κ1) is 12.4. The van der Waals surface area contributed by atoms with Gasteiger partial charge in [-0.05, 0) is 30.6 Å². The van der Waals surface area contributed by atoms with Crippen LogP contribution in [0.4, 0.5) is 0 Å². The van der Waals surface area contributed by atoms with Crippen LogP contribution >= 0.6 is 12.2 Å². The molecule has 15 heavy (non-hydrogen) atoms. The number of thiocarbonyl (C=S) groups is 1. The molecule has 0 N–H and O–H groups in total. The van der Waals surface area contributed by atoms with Crippen molar-refractivity contribution in [3.8, 4) is 0 Å². The van der Waals surface area contributed by atoms with Gasteiger partial charge in [-0.3, -0.25) is 0 Å². The van der Waals surface area contributed by atoms with Crippen LogP contribution in [0.1, 0.15) is 26.7 Å². The van der Waals surface area contributed by atoms with E-state index in [1.54, 1.807) is 0 Å². The van der Waals surface area contributed by atoms with Crippen LogP contribution in [0.25, 0.3) is 0 Å². The molecule has 0 aromatic heterocycles. The van der Waals surface area contributed by atoms with Crippen LogP contribution in [0, 0.1) is 0 Å². The molecule has 6 heteroatoms. The molecule has 0 aromatic carbocycles. The zero-order valence-corrected chi connectivity index (χ0v) is 10.2. The van der Waals surface area contributed by atoms with Gasteiger partial charge in [0.05, 0.1) is 6.61 Å². The highest BCUT2D eigenvalue weighted by molar-refractivity contribution is 8.07. The third-order valence-corrected chi connectivity index (χ3v) is 5.03. The maximum atomic E-state index is 11.5. The minimum atomic E-state index is -3.56. The second-order valence-electron chi connectivity index (χ2n) is 3.46. The lowest BCUT2D eigenvalue weighted by molar-refractivity contribution is -0.144. The van der Waals surface area contributed by atoms with E-state index >= 15 is 0 Å². The molecule has 84 valence electrons. The first-order valence-electron chi connectivity index (χ1n) is 4.60. The molecule has 0 radical (unpaired) electrons. The first-order chi connectivity index (χ1) is 6.92. The number of rotatable bonds is 4. The number of hydrogen-bond donors (Lipinski definition) is 0. The van der Waals surface area contributed by atoms with E-state index < -0.39 is 20.6 Å². The van der Waals surface area contributed by atoms with Crippen molar-refractivity contribution in [3.63, 3.8) is 0 Å². The fraction of sp³-hybridized carbons (Fsp3) is 0.667. The highest BCUT2D eigenvalue weighted by Crippen LogP contribution is 2.48. The molecular formula is C9H12O4S2. The Morgan fingerprint density at radius 3 is 2.60 bits per heavy atom. The molecule has 0 saturated carbocycles. The molecule has 0 aromatic rings. The first-order valence-corrected chi connectivity index (χ1v) is 6.49. The van der Waals surface area contributed by atoms with Crippen molar-refractivity contribution in [2.45, 2.75) is 31.4 Å². The summed E-state index contributed by atoms with van der Waals surface area (Å²) in [5.74, 6) is -0.747. The number of sulfone groups is 1. The van der Waals surface area contributed by atoms with Crippen molar-refractivity contribution in [3.05, 3.63) is 4.91 Å². The van der Waals surface area contributed by atoms with E-state index in [4.69, 9.17) is 4.74 Å². The summed E-state index contributed by atoms with van der Waals surface area (Å²) in [6, 6.07) is 0. The molecule has 1 fully saturated rings. The molecule has 1 aliphatic heterocycles. The average Bonchev–Trinajstić information content (AvgIpc) is 2.62. The van der Waals surface area contributed by atoms with Crippen LogP contribution in [0.15, 0.2) is 4.91 Å². The Hall–Kier alpha value is -0.710. The Morgan fingerprint density at radius 2 is 2.20 bits per heavy atom. The summed E-state index contributed by atoms with van der Waals surface area (Å²) in [5.41, 5.74) is 0. The smallest absolute Gasteiger partial charge is 0.333 e. The Balaban J connectivity index is 2.75. The summed E-state index contributed by atoms with van der Waals surface area (Å²) in [4.78, 5) is 11.3. The number of ether oxygens (including phenoxy) is 1. The largest absolute Gasteiger partial charge is 0.464 e. The standard InChI is InChI=1S/C9H12O4S2/c1-3-4-5-13-8(10)9(2)7(6-14)15(9,11)12/h3-5H2,1-2H3. The van der Waals surface area contributed by atoms with Crippen molar-refractivity contribution >= 4 is 33.0 Å². The highest BCUT2D eigenvalue weighted by Gasteiger charge is 2.71. The maximum absolute atomic E-state index is 11.5.